The van der Waals surface area contributed by atoms with Gasteiger partial charge < -0.3 is 24.4 Å². The zero-order chi connectivity index (χ0) is 27.0. The summed E-state index contributed by atoms with van der Waals surface area (Å²) in [6.07, 6.45) is 3.88. The summed E-state index contributed by atoms with van der Waals surface area (Å²) in [5, 5.41) is 7.12. The van der Waals surface area contributed by atoms with E-state index in [-0.39, 0.29) is 18.4 Å². The molecule has 9 nitrogen and oxygen atoms in total. The van der Waals surface area contributed by atoms with Gasteiger partial charge in [0.05, 0.1) is 17.9 Å². The summed E-state index contributed by atoms with van der Waals surface area (Å²) in [5.74, 6) is -1.41. The second kappa shape index (κ2) is 10.1. The van der Waals surface area contributed by atoms with Crippen molar-refractivity contribution in [1.82, 2.24) is 19.4 Å². The first-order valence-electron chi connectivity index (χ1n) is 12.2. The molecule has 12 heteroatoms. The third-order valence-electron chi connectivity index (χ3n) is 7.33. The molecule has 1 unspecified atom stereocenters. The number of likely N-dealkylation sites (N-methyl/N-ethyl adjacent to an activating group) is 1. The van der Waals surface area contributed by atoms with Crippen molar-refractivity contribution < 1.29 is 32.7 Å². The Morgan fingerprint density at radius 1 is 1.16 bits per heavy atom. The van der Waals surface area contributed by atoms with Crippen molar-refractivity contribution in [1.29, 1.82) is 0 Å². The van der Waals surface area contributed by atoms with E-state index >= 15 is 0 Å². The maximum Gasteiger partial charge on any atom is 0.490 e. The Hall–Kier alpha value is -3.57. The highest BCUT2D eigenvalue weighted by molar-refractivity contribution is 5.84. The van der Waals surface area contributed by atoms with Gasteiger partial charge in [-0.1, -0.05) is 12.8 Å². The van der Waals surface area contributed by atoms with E-state index in [1.165, 1.54) is 0 Å². The minimum Gasteiger partial charge on any atom is -0.475 e. The van der Waals surface area contributed by atoms with Crippen molar-refractivity contribution in [2.45, 2.75) is 43.8 Å². The quantitative estimate of drug-likeness (QED) is 0.667. The fourth-order valence-electron chi connectivity index (χ4n) is 5.45. The number of anilines is 1. The van der Waals surface area contributed by atoms with Gasteiger partial charge in [-0.25, -0.2) is 9.78 Å². The number of nitrogens with zero attached hydrogens (tertiary/aromatic N) is 5. The number of hydrogen-bond donors (Lipinski definition) is 1. The first kappa shape index (κ1) is 26.5. The van der Waals surface area contributed by atoms with Crippen LogP contribution in [0.2, 0.25) is 0 Å². The van der Waals surface area contributed by atoms with E-state index in [9.17, 15) is 22.8 Å². The van der Waals surface area contributed by atoms with E-state index in [2.05, 4.69) is 20.5 Å². The van der Waals surface area contributed by atoms with Crippen LogP contribution >= 0.6 is 0 Å². The Labute approximate surface area is 212 Å². The monoisotopic (exact) mass is 521 g/mol. The first-order chi connectivity index (χ1) is 17.5. The number of carboxylic acid groups (broad SMARTS) is 1. The molecule has 2 aromatic rings. The number of rotatable bonds is 3. The van der Waals surface area contributed by atoms with Crippen LogP contribution in [-0.2, 0) is 19.9 Å². The van der Waals surface area contributed by atoms with E-state index in [0.29, 0.717) is 12.5 Å². The molecule has 200 valence electrons. The number of aromatic nitrogens is 2. The van der Waals surface area contributed by atoms with Crippen molar-refractivity contribution in [3.8, 4) is 5.82 Å². The Morgan fingerprint density at radius 2 is 1.84 bits per heavy atom. The smallest absolute Gasteiger partial charge is 0.475 e. The molecule has 1 saturated heterocycles. The summed E-state index contributed by atoms with van der Waals surface area (Å²) in [4.78, 5) is 45.4. The highest BCUT2D eigenvalue weighted by atomic mass is 19.4. The van der Waals surface area contributed by atoms with E-state index in [4.69, 9.17) is 9.90 Å². The maximum atomic E-state index is 13.2. The maximum absolute atomic E-state index is 13.2. The number of halogens is 3. The highest BCUT2D eigenvalue weighted by Gasteiger charge is 2.52. The molecule has 1 N–H and O–H groups in total. The van der Waals surface area contributed by atoms with Crippen LogP contribution in [0.5, 0.6) is 0 Å². The molecule has 2 amide bonds. The van der Waals surface area contributed by atoms with E-state index in [0.717, 1.165) is 55.8 Å². The zero-order valence-electron chi connectivity index (χ0n) is 20.7. The molecule has 0 aromatic carbocycles. The molecular weight excluding hydrogens is 491 g/mol. The van der Waals surface area contributed by atoms with Crippen LogP contribution in [0.4, 0.5) is 18.9 Å². The molecule has 37 heavy (non-hydrogen) atoms. The first-order valence-corrected chi connectivity index (χ1v) is 12.2. The lowest BCUT2D eigenvalue weighted by Gasteiger charge is -2.47. The average molecular weight is 522 g/mol. The van der Waals surface area contributed by atoms with E-state index in [1.807, 2.05) is 29.3 Å². The van der Waals surface area contributed by atoms with Gasteiger partial charge in [0.15, 0.2) is 5.82 Å². The molecule has 0 radical (unpaired) electrons. The molecule has 1 atom stereocenters. The summed E-state index contributed by atoms with van der Waals surface area (Å²) in [6.45, 7) is 1.60. The van der Waals surface area contributed by atoms with Crippen LogP contribution in [0.25, 0.3) is 5.82 Å². The SMILES string of the molecule is CN(C)C(=O)CN1c2cccnc2-n2cccc2C12CCN(C(=O)C1CCCC1)C2.O=C(O)C(F)(F)F. The third-order valence-corrected chi connectivity index (χ3v) is 7.33. The predicted octanol–water partition coefficient (Wildman–Crippen LogP) is 3.03. The van der Waals surface area contributed by atoms with Gasteiger partial charge in [-0.05, 0) is 43.5 Å². The molecule has 4 heterocycles. The van der Waals surface area contributed by atoms with Gasteiger partial charge in [0, 0.05) is 45.5 Å². The number of carbonyl (C=O) groups excluding carboxylic acids is 2. The number of alkyl halides is 3. The van der Waals surface area contributed by atoms with Crippen molar-refractivity contribution in [3.63, 3.8) is 0 Å². The molecule has 3 aliphatic rings. The van der Waals surface area contributed by atoms with Gasteiger partial charge in [-0.2, -0.15) is 13.2 Å². The largest absolute Gasteiger partial charge is 0.490 e. The number of carboxylic acids is 1. The topological polar surface area (TPSA) is 99.0 Å². The van der Waals surface area contributed by atoms with Gasteiger partial charge in [-0.15, -0.1) is 0 Å². The van der Waals surface area contributed by atoms with Gasteiger partial charge in [0.1, 0.15) is 5.54 Å². The fourth-order valence-corrected chi connectivity index (χ4v) is 5.45. The second-order valence-electron chi connectivity index (χ2n) is 9.81. The molecule has 2 aromatic heterocycles. The molecule has 0 bridgehead atoms. The number of aliphatic carboxylic acids is 1. The number of amides is 2. The van der Waals surface area contributed by atoms with Crippen LogP contribution < -0.4 is 4.90 Å². The molecule has 1 aliphatic carbocycles. The Bertz CT molecular complexity index is 1180. The van der Waals surface area contributed by atoms with E-state index < -0.39 is 17.7 Å². The van der Waals surface area contributed by atoms with Gasteiger partial charge >= 0.3 is 12.1 Å². The zero-order valence-corrected chi connectivity index (χ0v) is 20.7. The van der Waals surface area contributed by atoms with Crippen LogP contribution in [0, 0.1) is 5.92 Å². The molecule has 2 aliphatic heterocycles. The number of hydrogen-bond acceptors (Lipinski definition) is 5. The Balaban J connectivity index is 0.000000405. The number of likely N-dealkylation sites (tertiary alicyclic amines) is 1. The lowest BCUT2D eigenvalue weighted by atomic mass is 9.88. The summed E-state index contributed by atoms with van der Waals surface area (Å²) in [6, 6.07) is 8.12. The van der Waals surface area contributed by atoms with Crippen LogP contribution in [0.3, 0.4) is 0 Å². The van der Waals surface area contributed by atoms with Crippen molar-refractivity contribution in [2.75, 3.05) is 38.6 Å². The Morgan fingerprint density at radius 3 is 2.46 bits per heavy atom. The number of pyridine rings is 1. The normalized spacial score (nSPS) is 20.8. The van der Waals surface area contributed by atoms with Gasteiger partial charge in [-0.3, -0.25) is 9.59 Å². The standard InChI is InChI=1S/C23H29N5O2.C2HF3O2/c1-25(2)20(29)15-28-18-9-5-12-24-21(18)27-13-6-10-19(27)23(28)11-14-26(16-23)22(30)17-7-3-4-8-17;3-2(4,5)1(6)7/h5-6,9-10,12-13,17H,3-4,7-8,11,14-16H2,1-2H3;(H,6,7). The molecular formula is C25H30F3N5O4. The highest BCUT2D eigenvalue weighted by Crippen LogP contribution is 2.47. The molecule has 1 spiro atoms. The van der Waals surface area contributed by atoms with Crippen LogP contribution in [-0.4, -0.2) is 82.1 Å². The summed E-state index contributed by atoms with van der Waals surface area (Å²) >= 11 is 0. The fraction of sp³-hybridized carbons (Fsp3) is 0.520. The number of carbonyl (C=O) groups is 3. The minimum atomic E-state index is -5.08. The van der Waals surface area contributed by atoms with Crippen LogP contribution in [0.1, 0.15) is 37.8 Å². The van der Waals surface area contributed by atoms with Gasteiger partial charge in [0.2, 0.25) is 11.8 Å². The lowest BCUT2D eigenvalue weighted by Crippen LogP contribution is -2.55. The van der Waals surface area contributed by atoms with Crippen molar-refractivity contribution in [2.24, 2.45) is 5.92 Å². The summed E-state index contributed by atoms with van der Waals surface area (Å²) < 4.78 is 33.9. The second-order valence-corrected chi connectivity index (χ2v) is 9.81. The predicted molar refractivity (Wildman–Crippen MR) is 128 cm³/mol. The number of fused-ring (bicyclic) bond motifs is 4. The van der Waals surface area contributed by atoms with Crippen molar-refractivity contribution in [3.05, 3.63) is 42.4 Å². The van der Waals surface area contributed by atoms with Crippen LogP contribution in [0.15, 0.2) is 36.7 Å². The van der Waals surface area contributed by atoms with E-state index in [1.54, 1.807) is 25.2 Å². The van der Waals surface area contributed by atoms with Gasteiger partial charge in [0.25, 0.3) is 0 Å². The lowest BCUT2D eigenvalue weighted by molar-refractivity contribution is -0.192. The third kappa shape index (κ3) is 5.01. The summed E-state index contributed by atoms with van der Waals surface area (Å²) in [5.41, 5.74) is 1.65. The Kier molecular flexibility index (Phi) is 7.20. The molecule has 1 saturated carbocycles. The van der Waals surface area contributed by atoms with Crippen molar-refractivity contribution >= 4 is 23.5 Å². The minimum absolute atomic E-state index is 0.0461. The molecule has 2 fully saturated rings. The average Bonchev–Trinajstić information content (AvgIpc) is 3.62. The molecule has 5 rings (SSSR count). The summed E-state index contributed by atoms with van der Waals surface area (Å²) in [7, 11) is 3.58.